The van der Waals surface area contributed by atoms with Crippen molar-refractivity contribution in [3.8, 4) is 12.3 Å². The first-order valence-electron chi connectivity index (χ1n) is 10.9. The molecule has 0 aromatic heterocycles. The Kier molecular flexibility index (Phi) is 5.89. The highest BCUT2D eigenvalue weighted by molar-refractivity contribution is 6.99. The number of benzene rings is 2. The molecule has 2 saturated heterocycles. The van der Waals surface area contributed by atoms with Gasteiger partial charge in [0, 0.05) is 0 Å². The number of hydrogen-bond donors (Lipinski definition) is 0. The lowest BCUT2D eigenvalue weighted by atomic mass is 10.0. The van der Waals surface area contributed by atoms with Gasteiger partial charge in [-0.15, -0.1) is 6.42 Å². The van der Waals surface area contributed by atoms with E-state index in [2.05, 4.69) is 75.2 Å². The highest BCUT2D eigenvalue weighted by Gasteiger charge is 2.56. The second-order valence-corrected chi connectivity index (χ2v) is 14.1. The van der Waals surface area contributed by atoms with Crippen molar-refractivity contribution >= 4 is 18.7 Å². The lowest BCUT2D eigenvalue weighted by molar-refractivity contribution is -0.210. The first-order chi connectivity index (χ1) is 14.7. The third-order valence-electron chi connectivity index (χ3n) is 6.22. The smallest absolute Gasteiger partial charge is 0.261 e. The largest absolute Gasteiger partial charge is 0.405 e. The van der Waals surface area contributed by atoms with Gasteiger partial charge < -0.3 is 18.6 Å². The minimum atomic E-state index is -2.65. The molecule has 4 unspecified atom stereocenters. The zero-order valence-corrected chi connectivity index (χ0v) is 20.0. The van der Waals surface area contributed by atoms with Crippen molar-refractivity contribution in [2.75, 3.05) is 6.61 Å². The third kappa shape index (κ3) is 3.99. The summed E-state index contributed by atoms with van der Waals surface area (Å²) in [4.78, 5) is 0. The summed E-state index contributed by atoms with van der Waals surface area (Å²) in [5.74, 6) is 1.98. The lowest BCUT2D eigenvalue weighted by Gasteiger charge is -2.43. The minimum absolute atomic E-state index is 0.106. The molecule has 0 amide bonds. The summed E-state index contributed by atoms with van der Waals surface area (Å²) in [5.41, 5.74) is 0. The molecule has 0 saturated carbocycles. The van der Waals surface area contributed by atoms with Crippen LogP contribution in [-0.4, -0.2) is 39.2 Å². The maximum absolute atomic E-state index is 7.01. The number of ether oxygens (including phenoxy) is 3. The molecule has 0 radical (unpaired) electrons. The Morgan fingerprint density at radius 1 is 0.968 bits per heavy atom. The molecule has 5 heteroatoms. The van der Waals surface area contributed by atoms with Gasteiger partial charge in [-0.3, -0.25) is 0 Å². The topological polar surface area (TPSA) is 36.9 Å². The Morgan fingerprint density at radius 3 is 2.00 bits per heavy atom. The van der Waals surface area contributed by atoms with Gasteiger partial charge in [0.05, 0.1) is 18.6 Å². The maximum atomic E-state index is 7.01. The summed E-state index contributed by atoms with van der Waals surface area (Å²) in [6.07, 6.45) is 4.90. The SMILES string of the molecule is C#CC1C(CO[Si](c2ccccc2)(c2ccccc2)C(C)(C)C)OC2OC(C)(C)OC21. The van der Waals surface area contributed by atoms with Crippen molar-refractivity contribution in [3.05, 3.63) is 60.7 Å². The third-order valence-corrected chi connectivity index (χ3v) is 11.2. The van der Waals surface area contributed by atoms with Gasteiger partial charge in [-0.25, -0.2) is 0 Å². The van der Waals surface area contributed by atoms with Crippen LogP contribution in [0.1, 0.15) is 34.6 Å². The average molecular weight is 437 g/mol. The summed E-state index contributed by atoms with van der Waals surface area (Å²) in [7, 11) is -2.65. The number of fused-ring (bicyclic) bond motifs is 1. The van der Waals surface area contributed by atoms with E-state index in [1.165, 1.54) is 10.4 Å². The summed E-state index contributed by atoms with van der Waals surface area (Å²) < 4.78 is 25.2. The molecule has 0 N–H and O–H groups in total. The van der Waals surface area contributed by atoms with Crippen LogP contribution in [0.15, 0.2) is 60.7 Å². The normalized spacial score (nSPS) is 27.6. The van der Waals surface area contributed by atoms with Crippen LogP contribution in [0.4, 0.5) is 0 Å². The number of hydrogen-bond acceptors (Lipinski definition) is 4. The molecule has 2 aliphatic heterocycles. The van der Waals surface area contributed by atoms with Crippen LogP contribution < -0.4 is 10.4 Å². The molecule has 0 spiro atoms. The lowest BCUT2D eigenvalue weighted by Crippen LogP contribution is -2.67. The fourth-order valence-corrected chi connectivity index (χ4v) is 9.46. The van der Waals surface area contributed by atoms with Crippen molar-refractivity contribution < 1.29 is 18.6 Å². The predicted octanol–water partition coefficient (Wildman–Crippen LogP) is 3.69. The Morgan fingerprint density at radius 2 is 1.52 bits per heavy atom. The van der Waals surface area contributed by atoms with Gasteiger partial charge in [0.2, 0.25) is 0 Å². The van der Waals surface area contributed by atoms with E-state index in [-0.39, 0.29) is 23.2 Å². The quantitative estimate of drug-likeness (QED) is 0.529. The monoisotopic (exact) mass is 436 g/mol. The molecule has 2 aromatic carbocycles. The van der Waals surface area contributed by atoms with Crippen LogP contribution in [0.5, 0.6) is 0 Å². The molecule has 31 heavy (non-hydrogen) atoms. The van der Waals surface area contributed by atoms with E-state index >= 15 is 0 Å². The van der Waals surface area contributed by atoms with Gasteiger partial charge in [-0.2, -0.15) is 0 Å². The predicted molar refractivity (Wildman–Crippen MR) is 125 cm³/mol. The standard InChI is InChI=1S/C26H32O4Si/c1-7-21-22(28-24-23(21)29-26(5,6)30-24)18-27-31(25(2,3)4,19-14-10-8-11-15-19)20-16-12-9-13-17-20/h1,8-17,21-24H,18H2,2-6H3. The molecular formula is C26H32O4Si. The van der Waals surface area contributed by atoms with Crippen LogP contribution >= 0.6 is 0 Å². The molecule has 4 atom stereocenters. The Labute approximate surface area is 187 Å². The molecule has 0 aliphatic carbocycles. The van der Waals surface area contributed by atoms with Gasteiger partial charge >= 0.3 is 0 Å². The Balaban J connectivity index is 1.68. The van der Waals surface area contributed by atoms with Gasteiger partial charge in [0.15, 0.2) is 12.1 Å². The van der Waals surface area contributed by atoms with Crippen LogP contribution in [-0.2, 0) is 18.6 Å². The van der Waals surface area contributed by atoms with E-state index in [0.29, 0.717) is 6.61 Å². The van der Waals surface area contributed by atoms with Crippen LogP contribution in [0.2, 0.25) is 5.04 Å². The molecule has 0 bridgehead atoms. The fourth-order valence-electron chi connectivity index (χ4n) is 4.89. The highest BCUT2D eigenvalue weighted by Crippen LogP contribution is 2.42. The van der Waals surface area contributed by atoms with Gasteiger partial charge in [-0.05, 0) is 29.3 Å². The minimum Gasteiger partial charge on any atom is -0.405 e. The maximum Gasteiger partial charge on any atom is 0.261 e. The summed E-state index contributed by atoms with van der Waals surface area (Å²) in [6.45, 7) is 10.9. The van der Waals surface area contributed by atoms with E-state index in [0.717, 1.165) is 0 Å². The van der Waals surface area contributed by atoms with Crippen molar-refractivity contribution in [2.45, 2.75) is 63.9 Å². The first kappa shape index (κ1) is 22.3. The molecular weight excluding hydrogens is 404 g/mol. The first-order valence-corrected chi connectivity index (χ1v) is 12.8. The van der Waals surface area contributed by atoms with E-state index in [4.69, 9.17) is 25.1 Å². The highest BCUT2D eigenvalue weighted by atomic mass is 28.4. The number of terminal acetylenes is 1. The number of rotatable bonds is 5. The summed E-state index contributed by atoms with van der Waals surface area (Å²) in [6, 6.07) is 21.2. The zero-order valence-electron chi connectivity index (χ0n) is 19.0. The molecule has 2 heterocycles. The van der Waals surface area contributed by atoms with Crippen molar-refractivity contribution in [2.24, 2.45) is 5.92 Å². The molecule has 4 rings (SSSR count). The Bertz CT molecular complexity index is 890. The van der Waals surface area contributed by atoms with Crippen molar-refractivity contribution in [1.82, 2.24) is 0 Å². The van der Waals surface area contributed by atoms with Crippen molar-refractivity contribution in [3.63, 3.8) is 0 Å². The van der Waals surface area contributed by atoms with Crippen LogP contribution in [0.3, 0.4) is 0 Å². The molecule has 164 valence electrons. The van der Waals surface area contributed by atoms with E-state index < -0.39 is 20.4 Å². The van der Waals surface area contributed by atoms with Crippen LogP contribution in [0, 0.1) is 18.3 Å². The van der Waals surface area contributed by atoms with E-state index in [9.17, 15) is 0 Å². The van der Waals surface area contributed by atoms with E-state index in [1.807, 2.05) is 26.0 Å². The fraction of sp³-hybridized carbons (Fsp3) is 0.462. The molecule has 4 nitrogen and oxygen atoms in total. The van der Waals surface area contributed by atoms with E-state index in [1.54, 1.807) is 0 Å². The molecule has 2 aromatic rings. The summed E-state index contributed by atoms with van der Waals surface area (Å²) in [5, 5.41) is 2.36. The van der Waals surface area contributed by atoms with Gasteiger partial charge in [0.25, 0.3) is 8.32 Å². The van der Waals surface area contributed by atoms with Gasteiger partial charge in [0.1, 0.15) is 6.10 Å². The van der Waals surface area contributed by atoms with Crippen LogP contribution in [0.25, 0.3) is 0 Å². The molecule has 2 aliphatic rings. The second kappa shape index (κ2) is 8.20. The Hall–Kier alpha value is -1.94. The second-order valence-electron chi connectivity index (χ2n) is 9.81. The van der Waals surface area contributed by atoms with Gasteiger partial charge in [-0.1, -0.05) is 87.4 Å². The van der Waals surface area contributed by atoms with Crippen molar-refractivity contribution in [1.29, 1.82) is 0 Å². The average Bonchev–Trinajstić information content (AvgIpc) is 3.19. The zero-order chi connectivity index (χ0) is 22.3. The summed E-state index contributed by atoms with van der Waals surface area (Å²) >= 11 is 0. The molecule has 2 fully saturated rings.